The summed E-state index contributed by atoms with van der Waals surface area (Å²) in [6, 6.07) is 13.4. The summed E-state index contributed by atoms with van der Waals surface area (Å²) in [5, 5.41) is 0. The summed E-state index contributed by atoms with van der Waals surface area (Å²) in [6.45, 7) is 3.37. The van der Waals surface area contributed by atoms with E-state index >= 15 is 0 Å². The highest BCUT2D eigenvalue weighted by Crippen LogP contribution is 2.25. The molecule has 0 radical (unpaired) electrons. The maximum Gasteiger partial charge on any atom is 0.200 e. The number of hydrogen-bond donors (Lipinski definition) is 0. The number of rotatable bonds is 5. The van der Waals surface area contributed by atoms with Crippen LogP contribution in [0.5, 0.6) is 11.5 Å². The van der Waals surface area contributed by atoms with Crippen molar-refractivity contribution >= 4 is 0 Å². The first-order valence-corrected chi connectivity index (χ1v) is 7.20. The lowest BCUT2D eigenvalue weighted by atomic mass is 10.1. The summed E-state index contributed by atoms with van der Waals surface area (Å²) in [7, 11) is 0. The Labute approximate surface area is 124 Å². The average molecular weight is 285 g/mol. The quantitative estimate of drug-likeness (QED) is 0.844. The second-order valence-electron chi connectivity index (χ2n) is 5.31. The van der Waals surface area contributed by atoms with Gasteiger partial charge in [0.2, 0.25) is 0 Å². The Kier molecular flexibility index (Phi) is 4.36. The minimum absolute atomic E-state index is 0.147. The largest absolute Gasteiger partial charge is 0.487 e. The van der Waals surface area contributed by atoms with Gasteiger partial charge in [0.25, 0.3) is 0 Å². The third kappa shape index (κ3) is 3.95. The van der Waals surface area contributed by atoms with Gasteiger partial charge >= 0.3 is 0 Å². The van der Waals surface area contributed by atoms with E-state index in [0.29, 0.717) is 12.5 Å². The second-order valence-corrected chi connectivity index (χ2v) is 5.31. The lowest BCUT2D eigenvalue weighted by molar-refractivity contribution is -0.0394. The van der Waals surface area contributed by atoms with Crippen LogP contribution in [0.3, 0.4) is 0 Å². The van der Waals surface area contributed by atoms with E-state index in [-0.39, 0.29) is 6.29 Å². The zero-order chi connectivity index (χ0) is 14.5. The van der Waals surface area contributed by atoms with Crippen molar-refractivity contribution in [3.8, 4) is 11.5 Å². The summed E-state index contributed by atoms with van der Waals surface area (Å²) in [5.74, 6) is 2.09. The van der Waals surface area contributed by atoms with Crippen molar-refractivity contribution in [3.63, 3.8) is 0 Å². The predicted octanol–water partition coefficient (Wildman–Crippen LogP) is 3.42. The molecule has 1 fully saturated rings. The molecule has 110 valence electrons. The van der Waals surface area contributed by atoms with Crippen molar-refractivity contribution in [1.82, 2.24) is 4.98 Å². The molecule has 0 aliphatic carbocycles. The van der Waals surface area contributed by atoms with E-state index in [9.17, 15) is 0 Å². The van der Waals surface area contributed by atoms with Crippen molar-refractivity contribution in [2.75, 3.05) is 6.61 Å². The molecule has 2 aromatic rings. The molecule has 1 unspecified atom stereocenters. The molecule has 4 heteroatoms. The molecule has 2 heterocycles. The summed E-state index contributed by atoms with van der Waals surface area (Å²) in [4.78, 5) is 4.23. The molecule has 1 aromatic carbocycles. The van der Waals surface area contributed by atoms with Crippen LogP contribution in [-0.4, -0.2) is 17.9 Å². The van der Waals surface area contributed by atoms with E-state index in [1.165, 1.54) is 0 Å². The van der Waals surface area contributed by atoms with E-state index in [1.54, 1.807) is 6.20 Å². The molecule has 0 spiro atoms. The zero-order valence-electron chi connectivity index (χ0n) is 12.1. The third-order valence-corrected chi connectivity index (χ3v) is 3.35. The maximum absolute atomic E-state index is 5.82. The molecule has 1 aromatic heterocycles. The third-order valence-electron chi connectivity index (χ3n) is 3.35. The van der Waals surface area contributed by atoms with Crippen LogP contribution in [0.15, 0.2) is 48.7 Å². The highest BCUT2D eigenvalue weighted by molar-refractivity contribution is 5.33. The number of aromatic nitrogens is 1. The van der Waals surface area contributed by atoms with E-state index in [2.05, 4.69) is 11.9 Å². The van der Waals surface area contributed by atoms with Gasteiger partial charge < -0.3 is 14.2 Å². The van der Waals surface area contributed by atoms with E-state index in [1.807, 2.05) is 42.5 Å². The lowest BCUT2D eigenvalue weighted by Gasteiger charge is -2.14. The molecular weight excluding hydrogens is 266 g/mol. The van der Waals surface area contributed by atoms with Gasteiger partial charge in [-0.3, -0.25) is 4.98 Å². The van der Waals surface area contributed by atoms with Gasteiger partial charge in [0.1, 0.15) is 18.1 Å². The Hall–Kier alpha value is -2.07. The van der Waals surface area contributed by atoms with Crippen LogP contribution < -0.4 is 9.47 Å². The molecule has 1 aliphatic rings. The normalized spacial score (nSPS) is 21.2. The fourth-order valence-electron chi connectivity index (χ4n) is 2.25. The molecule has 4 nitrogen and oxygen atoms in total. The highest BCUT2D eigenvalue weighted by Gasteiger charge is 2.23. The SMILES string of the molecule is C[C@H]1COC(Oc2cccc(OCc3ccccn3)c2)C1. The summed E-state index contributed by atoms with van der Waals surface area (Å²) in [6.07, 6.45) is 2.54. The number of hydrogen-bond acceptors (Lipinski definition) is 4. The predicted molar refractivity (Wildman–Crippen MR) is 79.2 cm³/mol. The van der Waals surface area contributed by atoms with Crippen LogP contribution in [0.1, 0.15) is 19.0 Å². The lowest BCUT2D eigenvalue weighted by Crippen LogP contribution is -2.14. The fourth-order valence-corrected chi connectivity index (χ4v) is 2.25. The molecule has 21 heavy (non-hydrogen) atoms. The molecule has 3 rings (SSSR count). The Morgan fingerprint density at radius 3 is 2.86 bits per heavy atom. The molecule has 0 saturated carbocycles. The van der Waals surface area contributed by atoms with Gasteiger partial charge in [-0.2, -0.15) is 0 Å². The van der Waals surface area contributed by atoms with Gasteiger partial charge in [0.15, 0.2) is 6.29 Å². The highest BCUT2D eigenvalue weighted by atomic mass is 16.7. The fraction of sp³-hybridized carbons (Fsp3) is 0.353. The molecule has 0 bridgehead atoms. The zero-order valence-corrected chi connectivity index (χ0v) is 12.1. The van der Waals surface area contributed by atoms with Crippen molar-refractivity contribution in [2.24, 2.45) is 5.92 Å². The molecular formula is C17H19NO3. The van der Waals surface area contributed by atoms with Crippen LogP contribution in [0.4, 0.5) is 0 Å². The topological polar surface area (TPSA) is 40.6 Å². The van der Waals surface area contributed by atoms with E-state index < -0.39 is 0 Å². The van der Waals surface area contributed by atoms with Crippen molar-refractivity contribution in [1.29, 1.82) is 0 Å². The minimum Gasteiger partial charge on any atom is -0.487 e. The number of ether oxygens (including phenoxy) is 3. The van der Waals surface area contributed by atoms with Crippen molar-refractivity contribution in [2.45, 2.75) is 26.2 Å². The number of pyridine rings is 1. The van der Waals surface area contributed by atoms with Gasteiger partial charge in [0, 0.05) is 18.7 Å². The Morgan fingerprint density at radius 2 is 2.10 bits per heavy atom. The average Bonchev–Trinajstić information content (AvgIpc) is 2.92. The van der Waals surface area contributed by atoms with Gasteiger partial charge in [-0.15, -0.1) is 0 Å². The summed E-state index contributed by atoms with van der Waals surface area (Å²) >= 11 is 0. The maximum atomic E-state index is 5.82. The molecule has 0 N–H and O–H groups in total. The second kappa shape index (κ2) is 6.59. The van der Waals surface area contributed by atoms with Crippen LogP contribution in [-0.2, 0) is 11.3 Å². The summed E-state index contributed by atoms with van der Waals surface area (Å²) < 4.78 is 17.1. The van der Waals surface area contributed by atoms with Gasteiger partial charge in [-0.1, -0.05) is 19.1 Å². The standard InChI is InChI=1S/C17H19NO3/c1-13-9-17(20-11-13)21-16-7-4-6-15(10-16)19-12-14-5-2-3-8-18-14/h2-8,10,13,17H,9,11-12H2,1H3/t13-,17?/m1/s1. The van der Waals surface area contributed by atoms with E-state index in [0.717, 1.165) is 30.2 Å². The van der Waals surface area contributed by atoms with Gasteiger partial charge in [-0.25, -0.2) is 0 Å². The smallest absolute Gasteiger partial charge is 0.200 e. The van der Waals surface area contributed by atoms with Crippen LogP contribution in [0.25, 0.3) is 0 Å². The van der Waals surface area contributed by atoms with Crippen LogP contribution >= 0.6 is 0 Å². The first kappa shape index (κ1) is 13.9. The molecule has 1 aliphatic heterocycles. The van der Waals surface area contributed by atoms with Crippen LogP contribution in [0, 0.1) is 5.92 Å². The molecule has 2 atom stereocenters. The van der Waals surface area contributed by atoms with E-state index in [4.69, 9.17) is 14.2 Å². The first-order valence-electron chi connectivity index (χ1n) is 7.20. The Morgan fingerprint density at radius 1 is 1.19 bits per heavy atom. The van der Waals surface area contributed by atoms with Gasteiger partial charge in [0.05, 0.1) is 12.3 Å². The Balaban J connectivity index is 1.58. The van der Waals surface area contributed by atoms with Crippen molar-refractivity contribution < 1.29 is 14.2 Å². The molecule has 1 saturated heterocycles. The minimum atomic E-state index is -0.147. The summed E-state index contributed by atoms with van der Waals surface area (Å²) in [5.41, 5.74) is 0.900. The van der Waals surface area contributed by atoms with Crippen molar-refractivity contribution in [3.05, 3.63) is 54.4 Å². The molecule has 0 amide bonds. The van der Waals surface area contributed by atoms with Crippen LogP contribution in [0.2, 0.25) is 0 Å². The Bertz CT molecular complexity index is 573. The number of nitrogens with zero attached hydrogens (tertiary/aromatic N) is 1. The number of benzene rings is 1. The van der Waals surface area contributed by atoms with Gasteiger partial charge in [-0.05, 0) is 30.2 Å². The monoisotopic (exact) mass is 285 g/mol. The first-order chi connectivity index (χ1) is 10.3.